The van der Waals surface area contributed by atoms with Crippen LogP contribution in [0.5, 0.6) is 5.75 Å². The second-order valence-corrected chi connectivity index (χ2v) is 10.5. The van der Waals surface area contributed by atoms with Gasteiger partial charge in [-0.2, -0.15) is 0 Å². The normalized spacial score (nSPS) is 25.0. The number of aromatic nitrogens is 1. The minimum atomic E-state index is -2.99. The van der Waals surface area contributed by atoms with Crippen LogP contribution in [-0.4, -0.2) is 49.3 Å². The highest BCUT2D eigenvalue weighted by Crippen LogP contribution is 2.35. The molecule has 0 spiro atoms. The number of anilines is 2. The van der Waals surface area contributed by atoms with E-state index in [0.717, 1.165) is 30.8 Å². The van der Waals surface area contributed by atoms with Crippen LogP contribution in [0.3, 0.4) is 0 Å². The average Bonchev–Trinajstić information content (AvgIpc) is 3.44. The first kappa shape index (κ1) is 18.4. The summed E-state index contributed by atoms with van der Waals surface area (Å²) in [5.41, 5.74) is 8.31. The highest BCUT2D eigenvalue weighted by Gasteiger charge is 2.42. The van der Waals surface area contributed by atoms with Gasteiger partial charge in [-0.1, -0.05) is 0 Å². The maximum absolute atomic E-state index is 12.1. The van der Waals surface area contributed by atoms with Gasteiger partial charge in [0.25, 0.3) is 0 Å². The topological polar surface area (TPSA) is 109 Å². The summed E-state index contributed by atoms with van der Waals surface area (Å²) < 4.78 is 30.0. The van der Waals surface area contributed by atoms with Gasteiger partial charge in [-0.3, -0.25) is 5.41 Å². The summed E-state index contributed by atoms with van der Waals surface area (Å²) in [6, 6.07) is 9.06. The van der Waals surface area contributed by atoms with Crippen molar-refractivity contribution >= 4 is 27.1 Å². The van der Waals surface area contributed by atoms with E-state index in [-0.39, 0.29) is 29.6 Å². The van der Waals surface area contributed by atoms with Crippen LogP contribution < -0.4 is 15.4 Å². The first-order valence-corrected chi connectivity index (χ1v) is 11.8. The molecule has 5 rings (SSSR count). The maximum Gasteiger partial charge on any atom is 0.152 e. The van der Waals surface area contributed by atoms with Gasteiger partial charge in [-0.25, -0.2) is 13.4 Å². The van der Waals surface area contributed by atoms with Crippen LogP contribution in [0.15, 0.2) is 36.5 Å². The van der Waals surface area contributed by atoms with Crippen molar-refractivity contribution in [2.75, 3.05) is 28.7 Å². The lowest BCUT2D eigenvalue weighted by Crippen LogP contribution is -2.36. The third-order valence-corrected chi connectivity index (χ3v) is 7.76. The van der Waals surface area contributed by atoms with E-state index in [1.807, 2.05) is 18.2 Å². The predicted molar refractivity (Wildman–Crippen MR) is 113 cm³/mol. The van der Waals surface area contributed by atoms with Crippen molar-refractivity contribution in [1.29, 1.82) is 5.41 Å². The molecule has 0 radical (unpaired) electrons. The van der Waals surface area contributed by atoms with E-state index in [2.05, 4.69) is 9.88 Å². The van der Waals surface area contributed by atoms with Crippen molar-refractivity contribution in [1.82, 2.24) is 4.98 Å². The first-order valence-electron chi connectivity index (χ1n) is 9.96. The van der Waals surface area contributed by atoms with Crippen molar-refractivity contribution in [2.45, 2.75) is 31.4 Å². The Hall–Kier alpha value is -2.61. The number of ether oxygens (including phenoxy) is 1. The highest BCUT2D eigenvalue weighted by atomic mass is 32.2. The standard InChI is InChI=1S/C21H24N4O3S/c22-19-4-3-17(28-16-1-2-16)9-18(19)21(23)14-5-6-24-20(8-14)25-10-13-7-15(25)12-29(26,27)11-13/h3-6,8-9,13,15-16,23H,1-2,7,10-12,22H2. The molecule has 2 aliphatic heterocycles. The van der Waals surface area contributed by atoms with E-state index < -0.39 is 9.84 Å². The van der Waals surface area contributed by atoms with E-state index in [4.69, 9.17) is 15.9 Å². The number of nitrogen functional groups attached to an aromatic ring is 1. The van der Waals surface area contributed by atoms with E-state index in [1.165, 1.54) is 0 Å². The summed E-state index contributed by atoms with van der Waals surface area (Å²) in [6.07, 6.45) is 4.98. The fraction of sp³-hybridized carbons (Fsp3) is 0.429. The first-order chi connectivity index (χ1) is 13.9. The van der Waals surface area contributed by atoms with Crippen molar-refractivity contribution in [3.63, 3.8) is 0 Å². The molecule has 1 aliphatic carbocycles. The molecule has 2 unspecified atom stereocenters. The van der Waals surface area contributed by atoms with Crippen LogP contribution in [0.2, 0.25) is 0 Å². The van der Waals surface area contributed by atoms with Gasteiger partial charge in [-0.15, -0.1) is 0 Å². The van der Waals surface area contributed by atoms with E-state index in [0.29, 0.717) is 29.1 Å². The van der Waals surface area contributed by atoms with Crippen molar-refractivity contribution in [2.24, 2.45) is 5.92 Å². The van der Waals surface area contributed by atoms with Gasteiger partial charge in [0.15, 0.2) is 9.84 Å². The lowest BCUT2D eigenvalue weighted by atomic mass is 10.0. The van der Waals surface area contributed by atoms with Gasteiger partial charge in [0, 0.05) is 35.6 Å². The molecule has 2 saturated heterocycles. The minimum Gasteiger partial charge on any atom is -0.490 e. The molecule has 3 N–H and O–H groups in total. The van der Waals surface area contributed by atoms with Crippen molar-refractivity contribution < 1.29 is 13.2 Å². The second-order valence-electron chi connectivity index (χ2n) is 8.33. The van der Waals surface area contributed by atoms with Gasteiger partial charge >= 0.3 is 0 Å². The number of fused-ring (bicyclic) bond motifs is 2. The number of hydrogen-bond donors (Lipinski definition) is 2. The Morgan fingerprint density at radius 1 is 1.21 bits per heavy atom. The molecule has 1 aromatic carbocycles. The molecule has 2 bridgehead atoms. The number of hydrogen-bond acceptors (Lipinski definition) is 7. The molecule has 29 heavy (non-hydrogen) atoms. The van der Waals surface area contributed by atoms with Gasteiger partial charge in [0.2, 0.25) is 0 Å². The number of rotatable bonds is 5. The number of nitrogens with one attached hydrogen (secondary N) is 1. The minimum absolute atomic E-state index is 0.0315. The van der Waals surface area contributed by atoms with Crippen LogP contribution >= 0.6 is 0 Å². The zero-order valence-corrected chi connectivity index (χ0v) is 16.9. The third-order valence-electron chi connectivity index (χ3n) is 5.89. The lowest BCUT2D eigenvalue weighted by Gasteiger charge is -2.25. The number of benzene rings is 1. The van der Waals surface area contributed by atoms with Crippen LogP contribution in [0, 0.1) is 11.3 Å². The molecule has 7 nitrogen and oxygen atoms in total. The molecule has 3 fully saturated rings. The summed E-state index contributed by atoms with van der Waals surface area (Å²) in [4.78, 5) is 6.56. The molecule has 3 heterocycles. The molecule has 1 aromatic heterocycles. The Morgan fingerprint density at radius 2 is 2.03 bits per heavy atom. The Labute approximate surface area is 170 Å². The smallest absolute Gasteiger partial charge is 0.152 e. The number of nitrogens with zero attached hydrogens (tertiary/aromatic N) is 2. The van der Waals surface area contributed by atoms with E-state index in [9.17, 15) is 8.42 Å². The van der Waals surface area contributed by atoms with Gasteiger partial charge in [-0.05, 0) is 55.5 Å². The molecule has 2 atom stereocenters. The molecule has 2 aromatic rings. The van der Waals surface area contributed by atoms with Crippen molar-refractivity contribution in [3.8, 4) is 5.75 Å². The zero-order valence-electron chi connectivity index (χ0n) is 16.0. The summed E-state index contributed by atoms with van der Waals surface area (Å²) in [5, 5.41) is 8.71. The number of pyridine rings is 1. The molecule has 0 amide bonds. The fourth-order valence-corrected chi connectivity index (χ4v) is 6.38. The van der Waals surface area contributed by atoms with Gasteiger partial charge in [0.1, 0.15) is 11.6 Å². The summed E-state index contributed by atoms with van der Waals surface area (Å²) in [7, 11) is -2.99. The van der Waals surface area contributed by atoms with Crippen LogP contribution in [-0.2, 0) is 9.84 Å². The molecule has 1 saturated carbocycles. The molecular formula is C21H24N4O3S. The Morgan fingerprint density at radius 3 is 2.83 bits per heavy atom. The largest absolute Gasteiger partial charge is 0.490 e. The average molecular weight is 413 g/mol. The summed E-state index contributed by atoms with van der Waals surface area (Å²) >= 11 is 0. The van der Waals surface area contributed by atoms with E-state index in [1.54, 1.807) is 18.3 Å². The number of nitrogens with two attached hydrogens (primary N) is 1. The summed E-state index contributed by atoms with van der Waals surface area (Å²) in [5.74, 6) is 2.06. The monoisotopic (exact) mass is 412 g/mol. The molecule has 8 heteroatoms. The maximum atomic E-state index is 12.1. The van der Waals surface area contributed by atoms with E-state index >= 15 is 0 Å². The van der Waals surface area contributed by atoms with Crippen LogP contribution in [0.4, 0.5) is 11.5 Å². The van der Waals surface area contributed by atoms with Crippen molar-refractivity contribution in [3.05, 3.63) is 47.7 Å². The van der Waals surface area contributed by atoms with Crippen LogP contribution in [0.25, 0.3) is 0 Å². The molecular weight excluding hydrogens is 388 g/mol. The zero-order chi connectivity index (χ0) is 20.2. The lowest BCUT2D eigenvalue weighted by molar-refractivity contribution is 0.303. The second kappa shape index (κ2) is 6.73. The molecule has 3 aliphatic rings. The van der Waals surface area contributed by atoms with Gasteiger partial charge in [0.05, 0.1) is 23.3 Å². The quantitative estimate of drug-likeness (QED) is 0.576. The number of sulfone groups is 1. The summed E-state index contributed by atoms with van der Waals surface area (Å²) in [6.45, 7) is 0.695. The van der Waals surface area contributed by atoms with Crippen LogP contribution in [0.1, 0.15) is 30.4 Å². The highest BCUT2D eigenvalue weighted by molar-refractivity contribution is 7.91. The van der Waals surface area contributed by atoms with Gasteiger partial charge < -0.3 is 15.4 Å². The Balaban J connectivity index is 1.42. The third kappa shape index (κ3) is 3.69. The Bertz CT molecular complexity index is 1080. The fourth-order valence-electron chi connectivity index (χ4n) is 4.38. The predicted octanol–water partition coefficient (Wildman–Crippen LogP) is 2.24. The Kier molecular flexibility index (Phi) is 4.27. The SMILES string of the molecule is N=C(c1ccnc(N2CC3CC2CS(=O)(=O)C3)c1)c1cc(OC2CC2)ccc1N. The molecule has 152 valence electrons.